The van der Waals surface area contributed by atoms with E-state index in [1.54, 1.807) is 48.5 Å². The molecule has 2 aromatic carbocycles. The van der Waals surface area contributed by atoms with E-state index in [0.717, 1.165) is 0 Å². The number of nitrogens with two attached hydrogens (primary N) is 1. The Bertz CT molecular complexity index is 1110. The molecule has 0 radical (unpaired) electrons. The highest BCUT2D eigenvalue weighted by Gasteiger charge is 2.30. The Balaban J connectivity index is 1.84. The number of aromatic nitrogens is 2. The van der Waals surface area contributed by atoms with Gasteiger partial charge in [0.15, 0.2) is 11.8 Å². The molecule has 8 nitrogen and oxygen atoms in total. The van der Waals surface area contributed by atoms with Gasteiger partial charge < -0.3 is 15.4 Å². The van der Waals surface area contributed by atoms with Crippen LogP contribution in [0.5, 0.6) is 0 Å². The summed E-state index contributed by atoms with van der Waals surface area (Å²) in [6.45, 7) is 0.563. The highest BCUT2D eigenvalue weighted by atomic mass is 16.5. The molecule has 2 amide bonds. The topological polar surface area (TPSA) is 108 Å². The van der Waals surface area contributed by atoms with E-state index in [1.165, 1.54) is 9.58 Å². The van der Waals surface area contributed by atoms with Crippen molar-refractivity contribution in [2.75, 3.05) is 19.7 Å². The number of fused-ring (bicyclic) bond motifs is 1. The van der Waals surface area contributed by atoms with Gasteiger partial charge in [-0.3, -0.25) is 14.4 Å². The quantitative estimate of drug-likeness (QED) is 0.722. The average molecular weight is 378 g/mol. The van der Waals surface area contributed by atoms with Gasteiger partial charge in [-0.1, -0.05) is 36.4 Å². The SMILES string of the molecule is NC(=O)C1CN(C(=O)c2nn(-c3ccccc3)c(=O)c3ccccc23)CCO1. The zero-order valence-electron chi connectivity index (χ0n) is 14.9. The lowest BCUT2D eigenvalue weighted by Crippen LogP contribution is -2.50. The number of primary amides is 1. The summed E-state index contributed by atoms with van der Waals surface area (Å²) in [5.74, 6) is -1.000. The smallest absolute Gasteiger partial charge is 0.279 e. The van der Waals surface area contributed by atoms with E-state index in [2.05, 4.69) is 5.10 Å². The Labute approximate surface area is 160 Å². The van der Waals surface area contributed by atoms with Gasteiger partial charge in [0.2, 0.25) is 5.91 Å². The van der Waals surface area contributed by atoms with E-state index in [1.807, 2.05) is 6.07 Å². The summed E-state index contributed by atoms with van der Waals surface area (Å²) < 4.78 is 6.54. The minimum atomic E-state index is -0.857. The fourth-order valence-corrected chi connectivity index (χ4v) is 3.25. The van der Waals surface area contributed by atoms with Crippen LogP contribution < -0.4 is 11.3 Å². The molecule has 1 atom stereocenters. The number of hydrogen-bond donors (Lipinski definition) is 1. The molecular weight excluding hydrogens is 360 g/mol. The molecule has 1 aliphatic heterocycles. The highest BCUT2D eigenvalue weighted by molar-refractivity contribution is 6.05. The van der Waals surface area contributed by atoms with Gasteiger partial charge in [0.1, 0.15) is 0 Å². The van der Waals surface area contributed by atoms with Crippen molar-refractivity contribution in [2.24, 2.45) is 5.73 Å². The number of morpholine rings is 1. The predicted molar refractivity (Wildman–Crippen MR) is 102 cm³/mol. The maximum atomic E-state index is 13.2. The fraction of sp³-hybridized carbons (Fsp3) is 0.200. The van der Waals surface area contributed by atoms with Crippen molar-refractivity contribution in [3.05, 3.63) is 70.6 Å². The molecule has 4 rings (SSSR count). The van der Waals surface area contributed by atoms with E-state index in [4.69, 9.17) is 10.5 Å². The number of ether oxygens (including phenoxy) is 1. The summed E-state index contributed by atoms with van der Waals surface area (Å²) in [6, 6.07) is 15.8. The molecule has 142 valence electrons. The van der Waals surface area contributed by atoms with Gasteiger partial charge >= 0.3 is 0 Å². The zero-order chi connectivity index (χ0) is 19.7. The summed E-state index contributed by atoms with van der Waals surface area (Å²) in [5, 5.41) is 5.23. The van der Waals surface area contributed by atoms with Gasteiger partial charge in [0.05, 0.1) is 24.2 Å². The van der Waals surface area contributed by atoms with Crippen molar-refractivity contribution < 1.29 is 14.3 Å². The Morgan fingerprint density at radius 3 is 2.43 bits per heavy atom. The first-order valence-electron chi connectivity index (χ1n) is 8.84. The molecule has 1 saturated heterocycles. The molecule has 0 aliphatic carbocycles. The maximum Gasteiger partial charge on any atom is 0.279 e. The Morgan fingerprint density at radius 1 is 1.04 bits per heavy atom. The van der Waals surface area contributed by atoms with Crippen LogP contribution in [-0.4, -0.2) is 52.3 Å². The Kier molecular flexibility index (Phi) is 4.62. The first-order chi connectivity index (χ1) is 13.6. The van der Waals surface area contributed by atoms with Gasteiger partial charge in [0.25, 0.3) is 11.5 Å². The third kappa shape index (κ3) is 3.14. The minimum absolute atomic E-state index is 0.0502. The molecular formula is C20H18N4O4. The molecule has 1 aliphatic rings. The number of amides is 2. The van der Waals surface area contributed by atoms with Crippen molar-refractivity contribution in [3.8, 4) is 5.69 Å². The van der Waals surface area contributed by atoms with Gasteiger partial charge in [-0.05, 0) is 18.2 Å². The van der Waals surface area contributed by atoms with Crippen LogP contribution in [0.25, 0.3) is 16.5 Å². The molecule has 0 spiro atoms. The Hall–Kier alpha value is -3.52. The van der Waals surface area contributed by atoms with Gasteiger partial charge in [-0.2, -0.15) is 9.78 Å². The van der Waals surface area contributed by atoms with Crippen LogP contribution >= 0.6 is 0 Å². The van der Waals surface area contributed by atoms with Crippen LogP contribution in [0.3, 0.4) is 0 Å². The van der Waals surface area contributed by atoms with Crippen molar-refractivity contribution in [1.82, 2.24) is 14.7 Å². The van der Waals surface area contributed by atoms with E-state index >= 15 is 0 Å². The van der Waals surface area contributed by atoms with Crippen LogP contribution in [0.2, 0.25) is 0 Å². The van der Waals surface area contributed by atoms with E-state index < -0.39 is 12.0 Å². The van der Waals surface area contributed by atoms with Crippen LogP contribution in [0.15, 0.2) is 59.4 Å². The zero-order valence-corrected chi connectivity index (χ0v) is 14.9. The van der Waals surface area contributed by atoms with E-state index in [0.29, 0.717) is 23.0 Å². The molecule has 0 bridgehead atoms. The molecule has 1 fully saturated rings. The molecule has 8 heteroatoms. The summed E-state index contributed by atoms with van der Waals surface area (Å²) in [7, 11) is 0. The summed E-state index contributed by atoms with van der Waals surface area (Å²) >= 11 is 0. The van der Waals surface area contributed by atoms with Crippen molar-refractivity contribution >= 4 is 22.6 Å². The van der Waals surface area contributed by atoms with Crippen molar-refractivity contribution in [2.45, 2.75) is 6.10 Å². The standard InChI is InChI=1S/C20H18N4O4/c21-18(25)16-12-23(10-11-28-16)20(27)17-14-8-4-5-9-15(14)19(26)24(22-17)13-6-2-1-3-7-13/h1-9,16H,10-12H2,(H2,21,25). The molecule has 0 saturated carbocycles. The largest absolute Gasteiger partial charge is 0.367 e. The lowest BCUT2D eigenvalue weighted by atomic mass is 10.1. The Morgan fingerprint density at radius 2 is 1.71 bits per heavy atom. The van der Waals surface area contributed by atoms with E-state index in [9.17, 15) is 14.4 Å². The predicted octanol–water partition coefficient (Wildman–Crippen LogP) is 0.712. The molecule has 28 heavy (non-hydrogen) atoms. The number of benzene rings is 2. The number of carbonyl (C=O) groups excluding carboxylic acids is 2. The maximum absolute atomic E-state index is 13.2. The molecule has 3 aromatic rings. The highest BCUT2D eigenvalue weighted by Crippen LogP contribution is 2.18. The summed E-state index contributed by atoms with van der Waals surface area (Å²) in [6.07, 6.45) is -0.857. The molecule has 2 heterocycles. The lowest BCUT2D eigenvalue weighted by molar-refractivity contribution is -0.133. The number of hydrogen-bond acceptors (Lipinski definition) is 5. The second kappa shape index (κ2) is 7.24. The average Bonchev–Trinajstić information content (AvgIpc) is 2.74. The van der Waals surface area contributed by atoms with Crippen LogP contribution in [0.4, 0.5) is 0 Å². The fourth-order valence-electron chi connectivity index (χ4n) is 3.25. The van der Waals surface area contributed by atoms with Crippen molar-refractivity contribution in [3.63, 3.8) is 0 Å². The number of rotatable bonds is 3. The first kappa shape index (κ1) is 17.9. The minimum Gasteiger partial charge on any atom is -0.367 e. The molecule has 1 aromatic heterocycles. The monoisotopic (exact) mass is 378 g/mol. The van der Waals surface area contributed by atoms with Crippen molar-refractivity contribution in [1.29, 1.82) is 0 Å². The van der Waals surface area contributed by atoms with E-state index in [-0.39, 0.29) is 30.3 Å². The first-order valence-corrected chi connectivity index (χ1v) is 8.84. The number of nitrogens with zero attached hydrogens (tertiary/aromatic N) is 3. The molecule has 2 N–H and O–H groups in total. The van der Waals surface area contributed by atoms with Gasteiger partial charge in [-0.25, -0.2) is 0 Å². The van der Waals surface area contributed by atoms with Crippen LogP contribution in [0, 0.1) is 0 Å². The lowest BCUT2D eigenvalue weighted by Gasteiger charge is -2.31. The van der Waals surface area contributed by atoms with Gasteiger partial charge in [0, 0.05) is 11.9 Å². The second-order valence-corrected chi connectivity index (χ2v) is 6.46. The number of carbonyl (C=O) groups is 2. The van der Waals surface area contributed by atoms with Gasteiger partial charge in [-0.15, -0.1) is 0 Å². The summed E-state index contributed by atoms with van der Waals surface area (Å²) in [4.78, 5) is 39.1. The molecule has 1 unspecified atom stereocenters. The third-order valence-corrected chi connectivity index (χ3v) is 4.68. The summed E-state index contributed by atoms with van der Waals surface area (Å²) in [5.41, 5.74) is 5.71. The van der Waals surface area contributed by atoms with Crippen LogP contribution in [-0.2, 0) is 9.53 Å². The number of para-hydroxylation sites is 1. The third-order valence-electron chi connectivity index (χ3n) is 4.68. The second-order valence-electron chi connectivity index (χ2n) is 6.46. The normalized spacial score (nSPS) is 16.9. The van der Waals surface area contributed by atoms with Crippen LogP contribution in [0.1, 0.15) is 10.5 Å².